The Bertz CT molecular complexity index is 1400. The number of hydrogen-bond acceptors (Lipinski definition) is 6. The number of amides is 1. The molecule has 208 valence electrons. The summed E-state index contributed by atoms with van der Waals surface area (Å²) in [5.74, 6) is 1.60. The lowest BCUT2D eigenvalue weighted by Gasteiger charge is -2.22. The quantitative estimate of drug-likeness (QED) is 0.135. The Kier molecular flexibility index (Phi) is 10.8. The number of anilines is 1. The normalized spacial score (nSPS) is 10.9. The number of rotatable bonds is 12. The summed E-state index contributed by atoms with van der Waals surface area (Å²) in [6, 6.07) is 29.1. The van der Waals surface area contributed by atoms with E-state index in [1.54, 1.807) is 50.6 Å². The molecule has 0 heterocycles. The summed E-state index contributed by atoms with van der Waals surface area (Å²) in [4.78, 5) is 13.5. The van der Waals surface area contributed by atoms with Gasteiger partial charge in [-0.2, -0.15) is 0 Å². The van der Waals surface area contributed by atoms with E-state index in [4.69, 9.17) is 25.4 Å². The molecular weight excluding hydrogens is 528 g/mol. The smallest absolute Gasteiger partial charge is 0.247 e. The number of nitrogens with one attached hydrogen (secondary N) is 3. The molecule has 0 aliphatic rings. The van der Waals surface area contributed by atoms with Crippen molar-refractivity contribution in [3.05, 3.63) is 119 Å². The first-order valence-electron chi connectivity index (χ1n) is 12.4. The van der Waals surface area contributed by atoms with Gasteiger partial charge in [-0.05, 0) is 65.2 Å². The fourth-order valence-corrected chi connectivity index (χ4v) is 3.97. The van der Waals surface area contributed by atoms with Crippen molar-refractivity contribution in [1.29, 1.82) is 5.41 Å². The first-order valence-corrected chi connectivity index (χ1v) is 12.4. The van der Waals surface area contributed by atoms with Crippen LogP contribution in [0, 0.1) is 5.41 Å². The highest BCUT2D eigenvalue weighted by molar-refractivity contribution is 5.95. The zero-order valence-corrected chi connectivity index (χ0v) is 23.2. The number of carbonyl (C=O) groups is 1. The SMILES string of the molecule is COc1ccc(CNC(=O)C(Nc2ccc(C(=N)N)cc2)c2ccc(OCc3ccccc3)c(OC)c2)cc1.Cl. The van der Waals surface area contributed by atoms with E-state index in [0.29, 0.717) is 41.5 Å². The van der Waals surface area contributed by atoms with Gasteiger partial charge in [-0.1, -0.05) is 48.5 Å². The van der Waals surface area contributed by atoms with Gasteiger partial charge in [-0.3, -0.25) is 10.2 Å². The summed E-state index contributed by atoms with van der Waals surface area (Å²) >= 11 is 0. The maximum absolute atomic E-state index is 13.5. The Morgan fingerprint density at radius 2 is 1.55 bits per heavy atom. The molecule has 1 amide bonds. The molecule has 0 aliphatic carbocycles. The van der Waals surface area contributed by atoms with Crippen molar-refractivity contribution in [3.63, 3.8) is 0 Å². The van der Waals surface area contributed by atoms with Crippen LogP contribution >= 0.6 is 12.4 Å². The van der Waals surface area contributed by atoms with E-state index < -0.39 is 6.04 Å². The maximum Gasteiger partial charge on any atom is 0.247 e. The predicted molar refractivity (Wildman–Crippen MR) is 160 cm³/mol. The van der Waals surface area contributed by atoms with Crippen LogP contribution in [-0.4, -0.2) is 26.0 Å². The Morgan fingerprint density at radius 3 is 2.17 bits per heavy atom. The minimum Gasteiger partial charge on any atom is -0.497 e. The second-order valence-electron chi connectivity index (χ2n) is 8.82. The molecule has 9 heteroatoms. The predicted octanol–water partition coefficient (Wildman–Crippen LogP) is 5.46. The van der Waals surface area contributed by atoms with E-state index in [-0.39, 0.29) is 24.1 Å². The highest BCUT2D eigenvalue weighted by atomic mass is 35.5. The fraction of sp³-hybridized carbons (Fsp3) is 0.161. The minimum atomic E-state index is -0.733. The molecule has 4 rings (SSSR count). The van der Waals surface area contributed by atoms with Gasteiger partial charge in [0.05, 0.1) is 14.2 Å². The second-order valence-corrected chi connectivity index (χ2v) is 8.82. The van der Waals surface area contributed by atoms with Crippen LogP contribution in [0.1, 0.15) is 28.3 Å². The third kappa shape index (κ3) is 7.91. The van der Waals surface area contributed by atoms with Crippen LogP contribution in [0.2, 0.25) is 0 Å². The Balaban J connectivity index is 0.00000441. The van der Waals surface area contributed by atoms with E-state index >= 15 is 0 Å². The lowest BCUT2D eigenvalue weighted by molar-refractivity contribution is -0.122. The minimum absolute atomic E-state index is 0. The molecule has 0 fully saturated rings. The van der Waals surface area contributed by atoms with Crippen LogP contribution in [0.15, 0.2) is 97.1 Å². The fourth-order valence-electron chi connectivity index (χ4n) is 3.97. The lowest BCUT2D eigenvalue weighted by atomic mass is 10.0. The average Bonchev–Trinajstić information content (AvgIpc) is 2.98. The summed E-state index contributed by atoms with van der Waals surface area (Å²) in [7, 11) is 3.18. The zero-order chi connectivity index (χ0) is 27.6. The van der Waals surface area contributed by atoms with E-state index in [0.717, 1.165) is 16.9 Å². The molecule has 0 aromatic heterocycles. The summed E-state index contributed by atoms with van der Waals surface area (Å²) in [5.41, 5.74) is 9.57. The van der Waals surface area contributed by atoms with Crippen molar-refractivity contribution in [3.8, 4) is 17.2 Å². The van der Waals surface area contributed by atoms with Crippen LogP contribution < -0.4 is 30.6 Å². The summed E-state index contributed by atoms with van der Waals surface area (Å²) in [5, 5.41) is 13.9. The molecule has 1 unspecified atom stereocenters. The van der Waals surface area contributed by atoms with E-state index in [2.05, 4.69) is 10.6 Å². The number of halogens is 1. The highest BCUT2D eigenvalue weighted by Gasteiger charge is 2.22. The molecule has 4 aromatic rings. The highest BCUT2D eigenvalue weighted by Crippen LogP contribution is 2.32. The molecule has 1 atom stereocenters. The third-order valence-electron chi connectivity index (χ3n) is 6.15. The number of nitrogen functional groups attached to an aromatic ring is 1. The molecular formula is C31H33ClN4O4. The van der Waals surface area contributed by atoms with Gasteiger partial charge in [-0.15, -0.1) is 12.4 Å². The number of hydrogen-bond donors (Lipinski definition) is 4. The van der Waals surface area contributed by atoms with Gasteiger partial charge in [-0.25, -0.2) is 0 Å². The molecule has 0 saturated heterocycles. The number of amidine groups is 1. The van der Waals surface area contributed by atoms with Gasteiger partial charge in [0.1, 0.15) is 24.2 Å². The molecule has 0 bridgehead atoms. The molecule has 0 aliphatic heterocycles. The van der Waals surface area contributed by atoms with Gasteiger partial charge in [0.2, 0.25) is 5.91 Å². The summed E-state index contributed by atoms with van der Waals surface area (Å²) < 4.78 is 16.8. The van der Waals surface area contributed by atoms with Gasteiger partial charge in [0.25, 0.3) is 0 Å². The van der Waals surface area contributed by atoms with Crippen molar-refractivity contribution in [2.24, 2.45) is 5.73 Å². The first-order chi connectivity index (χ1) is 19.0. The average molecular weight is 561 g/mol. The zero-order valence-electron chi connectivity index (χ0n) is 22.3. The van der Waals surface area contributed by atoms with Crippen LogP contribution in [0.3, 0.4) is 0 Å². The molecule has 5 N–H and O–H groups in total. The summed E-state index contributed by atoms with van der Waals surface area (Å²) in [6.07, 6.45) is 0. The van der Waals surface area contributed by atoms with Crippen LogP contribution in [-0.2, 0) is 17.9 Å². The van der Waals surface area contributed by atoms with Crippen LogP contribution in [0.5, 0.6) is 17.2 Å². The monoisotopic (exact) mass is 560 g/mol. The molecule has 0 radical (unpaired) electrons. The third-order valence-corrected chi connectivity index (χ3v) is 6.15. The number of benzene rings is 4. The van der Waals surface area contributed by atoms with Crippen molar-refractivity contribution in [2.45, 2.75) is 19.2 Å². The van der Waals surface area contributed by atoms with Gasteiger partial charge >= 0.3 is 0 Å². The number of nitrogens with two attached hydrogens (primary N) is 1. The Morgan fingerprint density at radius 1 is 0.850 bits per heavy atom. The topological polar surface area (TPSA) is 119 Å². The van der Waals surface area contributed by atoms with E-state index in [9.17, 15) is 4.79 Å². The standard InChI is InChI=1S/C31H32N4O4.ClH/c1-37-26-15-8-21(9-16-26)19-34-31(36)29(35-25-13-10-23(11-14-25)30(32)33)24-12-17-27(28(18-24)38-2)39-20-22-6-4-3-5-7-22;/h3-18,29,35H,19-20H2,1-2H3,(H3,32,33)(H,34,36);1H. The Labute approximate surface area is 240 Å². The van der Waals surface area contributed by atoms with Crippen molar-refractivity contribution < 1.29 is 19.0 Å². The maximum atomic E-state index is 13.5. The molecule has 0 saturated carbocycles. The first kappa shape index (κ1) is 29.9. The number of carbonyl (C=O) groups excluding carboxylic acids is 1. The molecule has 0 spiro atoms. The second kappa shape index (κ2) is 14.5. The van der Waals surface area contributed by atoms with Crippen molar-refractivity contribution >= 4 is 29.8 Å². The van der Waals surface area contributed by atoms with Crippen LogP contribution in [0.4, 0.5) is 5.69 Å². The lowest BCUT2D eigenvalue weighted by Crippen LogP contribution is -2.33. The summed E-state index contributed by atoms with van der Waals surface area (Å²) in [6.45, 7) is 0.739. The molecule has 40 heavy (non-hydrogen) atoms. The van der Waals surface area contributed by atoms with Crippen molar-refractivity contribution in [2.75, 3.05) is 19.5 Å². The van der Waals surface area contributed by atoms with Gasteiger partial charge in [0, 0.05) is 17.8 Å². The van der Waals surface area contributed by atoms with Crippen molar-refractivity contribution in [1.82, 2.24) is 5.32 Å². The largest absolute Gasteiger partial charge is 0.497 e. The Hall–Kier alpha value is -4.69. The molecule has 8 nitrogen and oxygen atoms in total. The number of methoxy groups -OCH3 is 2. The van der Waals surface area contributed by atoms with E-state index in [1.807, 2.05) is 60.7 Å². The van der Waals surface area contributed by atoms with Gasteiger partial charge < -0.3 is 30.6 Å². The van der Waals surface area contributed by atoms with Crippen LogP contribution in [0.25, 0.3) is 0 Å². The molecule has 4 aromatic carbocycles. The number of ether oxygens (including phenoxy) is 3. The van der Waals surface area contributed by atoms with Gasteiger partial charge in [0.15, 0.2) is 11.5 Å². The van der Waals surface area contributed by atoms with E-state index in [1.165, 1.54) is 0 Å².